The molecule has 0 saturated heterocycles. The smallest absolute Gasteiger partial charge is 0.258 e. The standard InChI is InChI=1S/C17H13N3O/c1-9-6-7-13-11(8-9)14(17(21)20-13)16-15(18)10-4-2-3-5-12(10)19-16/h2-8,18-19H,1H3,(H,20,21)/b16-14-,18-15?. The van der Waals surface area contributed by atoms with Gasteiger partial charge in [0.2, 0.25) is 0 Å². The first-order chi connectivity index (χ1) is 10.1. The summed E-state index contributed by atoms with van der Waals surface area (Å²) in [6, 6.07) is 13.5. The fraction of sp³-hybridized carbons (Fsp3) is 0.0588. The summed E-state index contributed by atoms with van der Waals surface area (Å²) in [4.78, 5) is 12.3. The molecule has 0 aromatic heterocycles. The van der Waals surface area contributed by atoms with E-state index in [4.69, 9.17) is 5.41 Å². The van der Waals surface area contributed by atoms with Gasteiger partial charge in [0.1, 0.15) is 0 Å². The Kier molecular flexibility index (Phi) is 2.30. The second-order valence-electron chi connectivity index (χ2n) is 5.30. The zero-order chi connectivity index (χ0) is 14.6. The van der Waals surface area contributed by atoms with Gasteiger partial charge in [-0.15, -0.1) is 0 Å². The van der Waals surface area contributed by atoms with E-state index >= 15 is 0 Å². The lowest BCUT2D eigenvalue weighted by Gasteiger charge is -2.05. The number of benzene rings is 2. The van der Waals surface area contributed by atoms with Gasteiger partial charge in [0.15, 0.2) is 0 Å². The minimum absolute atomic E-state index is 0.157. The number of hydrogen-bond acceptors (Lipinski definition) is 3. The summed E-state index contributed by atoms with van der Waals surface area (Å²) in [7, 11) is 0. The van der Waals surface area contributed by atoms with Gasteiger partial charge in [-0.2, -0.15) is 0 Å². The lowest BCUT2D eigenvalue weighted by Crippen LogP contribution is -2.11. The zero-order valence-corrected chi connectivity index (χ0v) is 11.4. The van der Waals surface area contributed by atoms with Crippen molar-refractivity contribution in [3.05, 3.63) is 64.9 Å². The number of rotatable bonds is 0. The van der Waals surface area contributed by atoms with Gasteiger partial charge < -0.3 is 10.6 Å². The minimum Gasteiger partial charge on any atom is -0.353 e. The highest BCUT2D eigenvalue weighted by Crippen LogP contribution is 2.38. The number of nitrogens with one attached hydrogen (secondary N) is 3. The Morgan fingerprint density at radius 1 is 0.952 bits per heavy atom. The van der Waals surface area contributed by atoms with E-state index in [1.165, 1.54) is 0 Å². The van der Waals surface area contributed by atoms with E-state index in [0.717, 1.165) is 28.1 Å². The average molecular weight is 275 g/mol. The van der Waals surface area contributed by atoms with E-state index in [2.05, 4.69) is 10.6 Å². The summed E-state index contributed by atoms with van der Waals surface area (Å²) < 4.78 is 0. The van der Waals surface area contributed by atoms with Crippen LogP contribution in [0.5, 0.6) is 0 Å². The lowest BCUT2D eigenvalue weighted by atomic mass is 10.00. The Balaban J connectivity index is 1.94. The molecule has 4 rings (SSSR count). The van der Waals surface area contributed by atoms with Crippen LogP contribution in [0.4, 0.5) is 11.4 Å². The summed E-state index contributed by atoms with van der Waals surface area (Å²) in [5.74, 6) is -0.157. The summed E-state index contributed by atoms with van der Waals surface area (Å²) in [6.45, 7) is 1.99. The van der Waals surface area contributed by atoms with Crippen LogP contribution >= 0.6 is 0 Å². The van der Waals surface area contributed by atoms with Crippen molar-refractivity contribution < 1.29 is 4.79 Å². The molecule has 1 amide bonds. The first-order valence-electron chi connectivity index (χ1n) is 6.77. The van der Waals surface area contributed by atoms with Crippen LogP contribution in [0.2, 0.25) is 0 Å². The summed E-state index contributed by atoms with van der Waals surface area (Å²) in [6.07, 6.45) is 0. The van der Waals surface area contributed by atoms with E-state index in [-0.39, 0.29) is 5.91 Å². The van der Waals surface area contributed by atoms with Gasteiger partial charge in [-0.1, -0.05) is 29.8 Å². The van der Waals surface area contributed by atoms with Crippen LogP contribution in [0.3, 0.4) is 0 Å². The predicted octanol–water partition coefficient (Wildman–Crippen LogP) is 3.15. The largest absolute Gasteiger partial charge is 0.353 e. The zero-order valence-electron chi connectivity index (χ0n) is 11.4. The van der Waals surface area contributed by atoms with Gasteiger partial charge in [-0.3, -0.25) is 10.2 Å². The maximum absolute atomic E-state index is 12.3. The molecule has 2 aliphatic heterocycles. The molecule has 21 heavy (non-hydrogen) atoms. The number of para-hydroxylation sites is 1. The van der Waals surface area contributed by atoms with Crippen molar-refractivity contribution in [3.8, 4) is 0 Å². The number of anilines is 2. The Labute approximate surface area is 122 Å². The van der Waals surface area contributed by atoms with E-state index in [1.54, 1.807) is 0 Å². The predicted molar refractivity (Wildman–Crippen MR) is 83.6 cm³/mol. The van der Waals surface area contributed by atoms with Crippen molar-refractivity contribution in [3.63, 3.8) is 0 Å². The Morgan fingerprint density at radius 3 is 2.52 bits per heavy atom. The first kappa shape index (κ1) is 11.9. The maximum Gasteiger partial charge on any atom is 0.258 e. The highest BCUT2D eigenvalue weighted by molar-refractivity contribution is 6.39. The molecule has 2 heterocycles. The van der Waals surface area contributed by atoms with Gasteiger partial charge in [-0.05, 0) is 25.1 Å². The third-order valence-electron chi connectivity index (χ3n) is 3.88. The molecular weight excluding hydrogens is 262 g/mol. The quantitative estimate of drug-likeness (QED) is 0.647. The van der Waals surface area contributed by atoms with Crippen molar-refractivity contribution in [2.24, 2.45) is 0 Å². The van der Waals surface area contributed by atoms with Gasteiger partial charge in [-0.25, -0.2) is 0 Å². The minimum atomic E-state index is -0.157. The highest BCUT2D eigenvalue weighted by Gasteiger charge is 2.32. The van der Waals surface area contributed by atoms with Crippen molar-refractivity contribution in [1.82, 2.24) is 0 Å². The fourth-order valence-electron chi connectivity index (χ4n) is 2.86. The molecule has 0 saturated carbocycles. The van der Waals surface area contributed by atoms with Gasteiger partial charge in [0, 0.05) is 22.5 Å². The fourth-order valence-corrected chi connectivity index (χ4v) is 2.86. The van der Waals surface area contributed by atoms with Crippen LogP contribution < -0.4 is 10.6 Å². The maximum atomic E-state index is 12.3. The van der Waals surface area contributed by atoms with E-state index in [0.29, 0.717) is 17.0 Å². The van der Waals surface area contributed by atoms with Crippen LogP contribution in [-0.4, -0.2) is 11.6 Å². The van der Waals surface area contributed by atoms with Crippen LogP contribution in [0, 0.1) is 12.3 Å². The first-order valence-corrected chi connectivity index (χ1v) is 6.77. The second kappa shape index (κ2) is 4.06. The van der Waals surface area contributed by atoms with Crippen molar-refractivity contribution in [2.45, 2.75) is 6.92 Å². The van der Waals surface area contributed by atoms with Crippen molar-refractivity contribution in [1.29, 1.82) is 5.41 Å². The number of amides is 1. The van der Waals surface area contributed by atoms with Crippen molar-refractivity contribution >= 4 is 28.6 Å². The topological polar surface area (TPSA) is 65.0 Å². The Morgan fingerprint density at radius 2 is 1.71 bits per heavy atom. The molecular formula is C17H13N3O. The number of carbonyl (C=O) groups excluding carboxylic acids is 1. The molecule has 0 aliphatic carbocycles. The van der Waals surface area contributed by atoms with E-state index in [9.17, 15) is 4.79 Å². The van der Waals surface area contributed by atoms with Gasteiger partial charge >= 0.3 is 0 Å². The SMILES string of the molecule is Cc1ccc2c(c1)/C(=C1/Nc3ccccc3C1=N)C(=O)N2. The van der Waals surface area contributed by atoms with Crippen molar-refractivity contribution in [2.75, 3.05) is 10.6 Å². The third-order valence-corrected chi connectivity index (χ3v) is 3.88. The molecule has 4 nitrogen and oxygen atoms in total. The molecule has 0 bridgehead atoms. The molecule has 2 aromatic carbocycles. The molecule has 3 N–H and O–H groups in total. The molecule has 0 atom stereocenters. The van der Waals surface area contributed by atoms with E-state index in [1.807, 2.05) is 49.4 Å². The normalized spacial score (nSPS) is 19.1. The molecule has 0 unspecified atom stereocenters. The monoisotopic (exact) mass is 275 g/mol. The summed E-state index contributed by atoms with van der Waals surface area (Å²) >= 11 is 0. The van der Waals surface area contributed by atoms with Gasteiger partial charge in [0.25, 0.3) is 5.91 Å². The molecule has 0 radical (unpaired) electrons. The summed E-state index contributed by atoms with van der Waals surface area (Å²) in [5.41, 5.74) is 5.95. The highest BCUT2D eigenvalue weighted by atomic mass is 16.2. The number of aryl methyl sites for hydroxylation is 1. The third kappa shape index (κ3) is 1.62. The van der Waals surface area contributed by atoms with E-state index < -0.39 is 0 Å². The summed E-state index contributed by atoms with van der Waals surface area (Å²) in [5, 5.41) is 14.4. The Hall–Kier alpha value is -2.88. The van der Waals surface area contributed by atoms with Crippen LogP contribution in [0.1, 0.15) is 16.7 Å². The molecule has 0 fully saturated rings. The van der Waals surface area contributed by atoms with Crippen LogP contribution in [0.15, 0.2) is 48.2 Å². The molecule has 2 aliphatic rings. The number of carbonyl (C=O) groups is 1. The van der Waals surface area contributed by atoms with Crippen LogP contribution in [0.25, 0.3) is 5.57 Å². The Bertz CT molecular complexity index is 849. The number of allylic oxidation sites excluding steroid dienone is 1. The number of fused-ring (bicyclic) bond motifs is 2. The van der Waals surface area contributed by atoms with Crippen LogP contribution in [-0.2, 0) is 4.79 Å². The average Bonchev–Trinajstić information content (AvgIpc) is 2.96. The second-order valence-corrected chi connectivity index (χ2v) is 5.30. The molecule has 2 aromatic rings. The molecule has 4 heteroatoms. The molecule has 0 spiro atoms. The molecule has 102 valence electrons. The number of hydrogen-bond donors (Lipinski definition) is 3. The van der Waals surface area contributed by atoms with Gasteiger partial charge in [0.05, 0.1) is 17.0 Å². The lowest BCUT2D eigenvalue weighted by molar-refractivity contribution is -0.110.